The Kier molecular flexibility index (Phi) is 6.15. The average Bonchev–Trinajstić information content (AvgIpc) is 3.33. The molecule has 1 N–H and O–H groups in total. The zero-order chi connectivity index (χ0) is 19.6. The van der Waals surface area contributed by atoms with Crippen LogP contribution in [0, 0.1) is 0 Å². The number of aromatic nitrogens is 3. The van der Waals surface area contributed by atoms with Gasteiger partial charge in [0, 0.05) is 51.9 Å². The SMILES string of the molecule is C[Si](C)(C)CCOCn1cc(C2CCOCC2)c2c(C3CCNC3)ncnc21. The van der Waals surface area contributed by atoms with E-state index in [1.54, 1.807) is 6.33 Å². The van der Waals surface area contributed by atoms with E-state index in [2.05, 4.69) is 40.7 Å². The van der Waals surface area contributed by atoms with Crippen molar-refractivity contribution in [1.82, 2.24) is 19.9 Å². The Morgan fingerprint density at radius 1 is 1.18 bits per heavy atom. The van der Waals surface area contributed by atoms with Crippen LogP contribution in [0.4, 0.5) is 0 Å². The third-order valence-corrected chi connectivity index (χ3v) is 7.75. The summed E-state index contributed by atoms with van der Waals surface area (Å²) >= 11 is 0. The number of fused-ring (bicyclic) bond motifs is 1. The first-order valence-electron chi connectivity index (χ1n) is 10.7. The Morgan fingerprint density at radius 2 is 2.00 bits per heavy atom. The van der Waals surface area contributed by atoms with Crippen LogP contribution in [0.5, 0.6) is 0 Å². The third-order valence-electron chi connectivity index (χ3n) is 6.05. The second-order valence-corrected chi connectivity index (χ2v) is 15.1. The molecule has 154 valence electrons. The van der Waals surface area contributed by atoms with Crippen LogP contribution in [0.3, 0.4) is 0 Å². The summed E-state index contributed by atoms with van der Waals surface area (Å²) in [6.07, 6.45) is 7.33. The zero-order valence-electron chi connectivity index (χ0n) is 17.5. The highest BCUT2D eigenvalue weighted by molar-refractivity contribution is 6.76. The third kappa shape index (κ3) is 4.48. The summed E-state index contributed by atoms with van der Waals surface area (Å²) in [4.78, 5) is 9.44. The Balaban J connectivity index is 1.64. The van der Waals surface area contributed by atoms with E-state index in [0.717, 1.165) is 57.8 Å². The minimum Gasteiger partial charge on any atom is -0.381 e. The molecule has 0 aliphatic carbocycles. The number of nitrogens with one attached hydrogen (secondary N) is 1. The first kappa shape index (κ1) is 20.0. The van der Waals surface area contributed by atoms with E-state index in [4.69, 9.17) is 14.5 Å². The van der Waals surface area contributed by atoms with Crippen LogP contribution in [-0.4, -0.2) is 55.5 Å². The number of rotatable bonds is 7. The highest BCUT2D eigenvalue weighted by Crippen LogP contribution is 2.37. The van der Waals surface area contributed by atoms with Gasteiger partial charge in [-0.15, -0.1) is 0 Å². The predicted octanol–water partition coefficient (Wildman–Crippen LogP) is 3.71. The molecule has 0 saturated carbocycles. The van der Waals surface area contributed by atoms with E-state index in [1.807, 2.05) is 0 Å². The highest BCUT2D eigenvalue weighted by Gasteiger charge is 2.27. The second kappa shape index (κ2) is 8.61. The summed E-state index contributed by atoms with van der Waals surface area (Å²) in [5, 5.41) is 4.76. The summed E-state index contributed by atoms with van der Waals surface area (Å²) in [5.74, 6) is 1.01. The van der Waals surface area contributed by atoms with E-state index < -0.39 is 8.07 Å². The molecule has 2 aromatic heterocycles. The molecule has 0 radical (unpaired) electrons. The van der Waals surface area contributed by atoms with Crippen molar-refractivity contribution >= 4 is 19.1 Å². The fraction of sp³-hybridized carbons (Fsp3) is 0.714. The summed E-state index contributed by atoms with van der Waals surface area (Å²) in [6.45, 7) is 12.3. The normalized spacial score (nSPS) is 21.6. The Hall–Kier alpha value is -1.28. The molecule has 28 heavy (non-hydrogen) atoms. The quantitative estimate of drug-likeness (QED) is 0.565. The fourth-order valence-corrected chi connectivity index (χ4v) is 5.09. The van der Waals surface area contributed by atoms with E-state index in [0.29, 0.717) is 18.6 Å². The van der Waals surface area contributed by atoms with E-state index in [9.17, 15) is 0 Å². The summed E-state index contributed by atoms with van der Waals surface area (Å²) in [6, 6.07) is 1.19. The first-order valence-corrected chi connectivity index (χ1v) is 14.4. The maximum atomic E-state index is 6.07. The minimum atomic E-state index is -1.08. The molecule has 0 bridgehead atoms. The molecule has 2 fully saturated rings. The van der Waals surface area contributed by atoms with Gasteiger partial charge in [0.15, 0.2) is 0 Å². The van der Waals surface area contributed by atoms with Crippen molar-refractivity contribution in [2.45, 2.75) is 63.5 Å². The van der Waals surface area contributed by atoms with Gasteiger partial charge in [-0.1, -0.05) is 19.6 Å². The molecule has 2 aliphatic rings. The van der Waals surface area contributed by atoms with Crippen molar-refractivity contribution in [2.75, 3.05) is 32.9 Å². The second-order valence-electron chi connectivity index (χ2n) is 9.44. The molecule has 2 aromatic rings. The topological polar surface area (TPSA) is 61.2 Å². The van der Waals surface area contributed by atoms with Gasteiger partial charge in [-0.2, -0.15) is 0 Å². The highest BCUT2D eigenvalue weighted by atomic mass is 28.3. The molecule has 2 saturated heterocycles. The van der Waals surface area contributed by atoms with Gasteiger partial charge in [0.1, 0.15) is 18.7 Å². The predicted molar refractivity (Wildman–Crippen MR) is 115 cm³/mol. The summed E-state index contributed by atoms with van der Waals surface area (Å²) in [5.41, 5.74) is 3.65. The lowest BCUT2D eigenvalue weighted by Crippen LogP contribution is -2.22. The number of hydrogen-bond donors (Lipinski definition) is 1. The van der Waals surface area contributed by atoms with Crippen LogP contribution in [0.15, 0.2) is 12.5 Å². The molecule has 7 heteroatoms. The Morgan fingerprint density at radius 3 is 2.71 bits per heavy atom. The lowest BCUT2D eigenvalue weighted by atomic mass is 9.89. The minimum absolute atomic E-state index is 0.479. The van der Waals surface area contributed by atoms with Gasteiger partial charge >= 0.3 is 0 Å². The van der Waals surface area contributed by atoms with Crippen molar-refractivity contribution in [3.63, 3.8) is 0 Å². The van der Waals surface area contributed by atoms with Gasteiger partial charge in [-0.25, -0.2) is 9.97 Å². The van der Waals surface area contributed by atoms with Crippen molar-refractivity contribution in [2.24, 2.45) is 0 Å². The number of nitrogens with zero attached hydrogens (tertiary/aromatic N) is 3. The molecule has 4 heterocycles. The van der Waals surface area contributed by atoms with Gasteiger partial charge in [-0.05, 0) is 43.3 Å². The Bertz CT molecular complexity index is 790. The zero-order valence-corrected chi connectivity index (χ0v) is 18.5. The van der Waals surface area contributed by atoms with Crippen molar-refractivity contribution in [3.8, 4) is 0 Å². The smallest absolute Gasteiger partial charge is 0.145 e. The van der Waals surface area contributed by atoms with E-state index >= 15 is 0 Å². The van der Waals surface area contributed by atoms with Crippen molar-refractivity contribution in [3.05, 3.63) is 23.8 Å². The molecule has 1 unspecified atom stereocenters. The Labute approximate surface area is 169 Å². The molecule has 4 rings (SSSR count). The molecule has 6 nitrogen and oxygen atoms in total. The van der Waals surface area contributed by atoms with Gasteiger partial charge in [0.25, 0.3) is 0 Å². The lowest BCUT2D eigenvalue weighted by molar-refractivity contribution is 0.0840. The molecule has 0 aromatic carbocycles. The molecular formula is C21H34N4O2Si. The molecule has 0 amide bonds. The van der Waals surface area contributed by atoms with Crippen LogP contribution >= 0.6 is 0 Å². The fourth-order valence-electron chi connectivity index (χ4n) is 4.33. The molecular weight excluding hydrogens is 368 g/mol. The van der Waals surface area contributed by atoms with Gasteiger partial charge in [0.05, 0.1) is 5.69 Å². The van der Waals surface area contributed by atoms with Crippen LogP contribution in [0.1, 0.15) is 42.4 Å². The van der Waals surface area contributed by atoms with Gasteiger partial charge < -0.3 is 19.4 Å². The number of ether oxygens (including phenoxy) is 2. The van der Waals surface area contributed by atoms with Gasteiger partial charge in [-0.3, -0.25) is 0 Å². The summed E-state index contributed by atoms with van der Waals surface area (Å²) in [7, 11) is -1.08. The van der Waals surface area contributed by atoms with Crippen molar-refractivity contribution < 1.29 is 9.47 Å². The van der Waals surface area contributed by atoms with Crippen LogP contribution in [0.25, 0.3) is 11.0 Å². The van der Waals surface area contributed by atoms with Gasteiger partial charge in [0.2, 0.25) is 0 Å². The standard InChI is InChI=1S/C21H34N4O2Si/c1-28(2,3)11-10-27-15-25-13-18(16-5-8-26-9-6-16)19-20(17-4-7-22-12-17)23-14-24-21(19)25/h13-14,16-17,22H,4-12,15H2,1-3H3. The lowest BCUT2D eigenvalue weighted by Gasteiger charge is -2.22. The summed E-state index contributed by atoms with van der Waals surface area (Å²) < 4.78 is 13.9. The number of hydrogen-bond acceptors (Lipinski definition) is 5. The van der Waals surface area contributed by atoms with Crippen molar-refractivity contribution in [1.29, 1.82) is 0 Å². The largest absolute Gasteiger partial charge is 0.381 e. The maximum Gasteiger partial charge on any atom is 0.145 e. The molecule has 1 atom stereocenters. The van der Waals surface area contributed by atoms with E-state index in [1.165, 1.54) is 22.7 Å². The maximum absolute atomic E-state index is 6.07. The first-order chi connectivity index (χ1) is 13.5. The molecule has 2 aliphatic heterocycles. The molecule has 0 spiro atoms. The van der Waals surface area contributed by atoms with Crippen LogP contribution < -0.4 is 5.32 Å². The van der Waals surface area contributed by atoms with Crippen LogP contribution in [-0.2, 0) is 16.2 Å². The monoisotopic (exact) mass is 402 g/mol. The average molecular weight is 403 g/mol. The van der Waals surface area contributed by atoms with Crippen LogP contribution in [0.2, 0.25) is 25.7 Å². The van der Waals surface area contributed by atoms with E-state index in [-0.39, 0.29) is 0 Å².